The van der Waals surface area contributed by atoms with Gasteiger partial charge in [-0.2, -0.15) is 0 Å². The number of morpholine rings is 1. The number of amides is 1. The summed E-state index contributed by atoms with van der Waals surface area (Å²) in [7, 11) is 17.2. The number of nitrogens with one attached hydrogen (secondary N) is 2. The van der Waals surface area contributed by atoms with E-state index < -0.39 is 29.4 Å². The number of anilines is 3. The molecule has 4 aromatic rings. The van der Waals surface area contributed by atoms with Crippen molar-refractivity contribution in [2.75, 3.05) is 35.2 Å². The van der Waals surface area contributed by atoms with Crippen molar-refractivity contribution >= 4 is 63.2 Å². The summed E-state index contributed by atoms with van der Waals surface area (Å²) < 4.78 is 33.3. The molecule has 6 radical (unpaired) electrons. The van der Waals surface area contributed by atoms with Crippen LogP contribution in [0.5, 0.6) is 0 Å². The Morgan fingerprint density at radius 3 is 2.75 bits per heavy atom. The van der Waals surface area contributed by atoms with Gasteiger partial charge >= 0.3 is 0 Å². The van der Waals surface area contributed by atoms with Crippen molar-refractivity contribution in [3.05, 3.63) is 36.8 Å². The lowest BCUT2D eigenvalue weighted by Crippen LogP contribution is -2.41. The van der Waals surface area contributed by atoms with Gasteiger partial charge in [0.15, 0.2) is 11.5 Å². The Kier molecular flexibility index (Phi) is 6.64. The standard InChI is InChI=1S/C25H23B3F2N8O2/c1-12-10-37(4-5-40-12)13-2-3-20-34-23(36-38(20)11-13)18-9-32-22(35-25(26,27)28)17-8-31-19(7-14(17)18)33-24(39)16-6-15(16)21(29)30/h2-3,7-9,11-12,15-16,21H,4-6,10H2,1H3,(H,32,35)(H,31,33,39)/t12-,15+,16-/m0/s1. The molecule has 1 amide bonds. The van der Waals surface area contributed by atoms with E-state index in [4.69, 9.17) is 33.4 Å². The summed E-state index contributed by atoms with van der Waals surface area (Å²) in [6, 6.07) is 5.47. The molecule has 4 aromatic heterocycles. The molecular weight excluding hydrogens is 515 g/mol. The molecule has 3 atom stereocenters. The number of carbonyl (C=O) groups excluding carboxylic acids is 1. The van der Waals surface area contributed by atoms with Crippen LogP contribution in [-0.4, -0.2) is 91.5 Å². The predicted octanol–water partition coefficient (Wildman–Crippen LogP) is 1.93. The number of carbonyl (C=O) groups is 1. The number of pyridine rings is 3. The minimum atomic E-state index is -2.54. The maximum atomic E-state index is 13.0. The Morgan fingerprint density at radius 2 is 2.02 bits per heavy atom. The Hall–Kier alpha value is -3.74. The molecule has 0 bridgehead atoms. The van der Waals surface area contributed by atoms with E-state index in [0.717, 1.165) is 18.8 Å². The Labute approximate surface area is 232 Å². The van der Waals surface area contributed by atoms with Crippen LogP contribution in [-0.2, 0) is 9.53 Å². The molecule has 6 rings (SSSR count). The average Bonchev–Trinajstić information content (AvgIpc) is 3.60. The van der Waals surface area contributed by atoms with E-state index >= 15 is 0 Å². The van der Waals surface area contributed by atoms with Gasteiger partial charge in [0, 0.05) is 53.7 Å². The van der Waals surface area contributed by atoms with Gasteiger partial charge in [-0.15, -0.1) is 5.10 Å². The lowest BCUT2D eigenvalue weighted by atomic mass is 9.49. The second kappa shape index (κ2) is 10.0. The highest BCUT2D eigenvalue weighted by Crippen LogP contribution is 2.44. The second-order valence-corrected chi connectivity index (χ2v) is 10.3. The van der Waals surface area contributed by atoms with Gasteiger partial charge in [-0.1, -0.05) is 5.24 Å². The van der Waals surface area contributed by atoms with E-state index in [-0.39, 0.29) is 24.2 Å². The van der Waals surface area contributed by atoms with Crippen molar-refractivity contribution in [3.8, 4) is 11.4 Å². The maximum absolute atomic E-state index is 13.0. The van der Waals surface area contributed by atoms with Crippen LogP contribution in [0.4, 0.5) is 26.1 Å². The number of fused-ring (bicyclic) bond motifs is 2. The van der Waals surface area contributed by atoms with Crippen LogP contribution in [0.25, 0.3) is 27.8 Å². The SMILES string of the molecule is [B]C([B])([B])Nc1ncc(-c2nc3ccc(N4CCO[C@@H](C)C4)cn3n2)c2cc(NC(=O)[C@H]3C[C@H]3C(F)F)ncc12. The second-order valence-electron chi connectivity index (χ2n) is 10.3. The number of ether oxygens (including phenoxy) is 1. The van der Waals surface area contributed by atoms with Crippen LogP contribution in [0.15, 0.2) is 36.8 Å². The van der Waals surface area contributed by atoms with Gasteiger partial charge in [-0.25, -0.2) is 28.2 Å². The molecule has 10 nitrogen and oxygen atoms in total. The molecule has 2 aliphatic rings. The molecule has 5 heterocycles. The van der Waals surface area contributed by atoms with E-state index in [2.05, 4.69) is 30.5 Å². The zero-order valence-electron chi connectivity index (χ0n) is 21.6. The topological polar surface area (TPSA) is 110 Å². The quantitative estimate of drug-likeness (QED) is 0.344. The molecule has 1 saturated heterocycles. The van der Waals surface area contributed by atoms with Crippen molar-refractivity contribution < 1.29 is 18.3 Å². The van der Waals surface area contributed by atoms with E-state index in [0.29, 0.717) is 34.4 Å². The number of nitrogens with zero attached hydrogens (tertiary/aromatic N) is 6. The largest absolute Gasteiger partial charge is 0.389 e. The third kappa shape index (κ3) is 5.34. The normalized spacial score (nSPS) is 21.2. The molecule has 2 N–H and O–H groups in total. The Bertz CT molecular complexity index is 1600. The summed E-state index contributed by atoms with van der Waals surface area (Å²) in [4.78, 5) is 28.1. The number of rotatable bonds is 7. The molecular formula is C25H23B3F2N8O2. The van der Waals surface area contributed by atoms with E-state index in [1.54, 1.807) is 10.6 Å². The first-order valence-electron chi connectivity index (χ1n) is 12.8. The fraction of sp³-hybridized carbons (Fsp3) is 0.400. The summed E-state index contributed by atoms with van der Waals surface area (Å²) in [5.74, 6) is -1.38. The maximum Gasteiger partial charge on any atom is 0.242 e. The molecule has 0 unspecified atom stereocenters. The Morgan fingerprint density at radius 1 is 1.20 bits per heavy atom. The van der Waals surface area contributed by atoms with Crippen molar-refractivity contribution in [2.45, 2.75) is 31.1 Å². The molecule has 2 fully saturated rings. The average molecular weight is 538 g/mol. The summed E-state index contributed by atoms with van der Waals surface area (Å²) in [6.45, 7) is 4.21. The molecule has 1 aliphatic carbocycles. The highest BCUT2D eigenvalue weighted by molar-refractivity contribution is 6.60. The summed E-state index contributed by atoms with van der Waals surface area (Å²) >= 11 is 0. The highest BCUT2D eigenvalue weighted by Gasteiger charge is 2.49. The fourth-order valence-corrected chi connectivity index (χ4v) is 4.93. The summed E-state index contributed by atoms with van der Waals surface area (Å²) in [6.07, 6.45) is 2.63. The first-order chi connectivity index (χ1) is 19.1. The first-order valence-corrected chi connectivity index (χ1v) is 12.8. The van der Waals surface area contributed by atoms with Gasteiger partial charge in [-0.3, -0.25) is 4.79 Å². The van der Waals surface area contributed by atoms with E-state index in [1.807, 2.05) is 25.3 Å². The van der Waals surface area contributed by atoms with Crippen LogP contribution in [0.3, 0.4) is 0 Å². The first kappa shape index (κ1) is 26.5. The van der Waals surface area contributed by atoms with Crippen LogP contribution < -0.4 is 15.5 Å². The minimum absolute atomic E-state index is 0.124. The van der Waals surface area contributed by atoms with Gasteiger partial charge in [-0.05, 0) is 31.5 Å². The zero-order valence-corrected chi connectivity index (χ0v) is 21.6. The van der Waals surface area contributed by atoms with E-state index in [1.165, 1.54) is 12.4 Å². The molecule has 15 heteroatoms. The number of alkyl halides is 2. The summed E-state index contributed by atoms with van der Waals surface area (Å²) in [5.41, 5.74) is 2.15. The van der Waals surface area contributed by atoms with Crippen LogP contribution >= 0.6 is 0 Å². The lowest BCUT2D eigenvalue weighted by Gasteiger charge is -2.32. The number of hydrogen-bond acceptors (Lipinski definition) is 8. The van der Waals surface area contributed by atoms with Crippen LogP contribution in [0.2, 0.25) is 0 Å². The zero-order chi connectivity index (χ0) is 28.2. The van der Waals surface area contributed by atoms with Gasteiger partial charge < -0.3 is 20.3 Å². The van der Waals surface area contributed by atoms with Gasteiger partial charge in [0.2, 0.25) is 12.3 Å². The molecule has 198 valence electrons. The van der Waals surface area contributed by atoms with Gasteiger partial charge in [0.05, 0.1) is 48.1 Å². The van der Waals surface area contributed by atoms with Crippen LogP contribution in [0.1, 0.15) is 13.3 Å². The number of aromatic nitrogens is 5. The van der Waals surface area contributed by atoms with Crippen molar-refractivity contribution in [2.24, 2.45) is 11.8 Å². The third-order valence-electron chi connectivity index (χ3n) is 7.02. The lowest BCUT2D eigenvalue weighted by molar-refractivity contribution is -0.118. The monoisotopic (exact) mass is 538 g/mol. The van der Waals surface area contributed by atoms with Crippen molar-refractivity contribution in [1.29, 1.82) is 0 Å². The predicted molar refractivity (Wildman–Crippen MR) is 149 cm³/mol. The number of halogens is 2. The minimum Gasteiger partial charge on any atom is -0.389 e. The third-order valence-corrected chi connectivity index (χ3v) is 7.02. The van der Waals surface area contributed by atoms with Gasteiger partial charge in [0.25, 0.3) is 0 Å². The van der Waals surface area contributed by atoms with Crippen molar-refractivity contribution in [1.82, 2.24) is 24.6 Å². The molecule has 1 saturated carbocycles. The highest BCUT2D eigenvalue weighted by atomic mass is 19.3. The van der Waals surface area contributed by atoms with Crippen molar-refractivity contribution in [3.63, 3.8) is 0 Å². The van der Waals surface area contributed by atoms with Crippen LogP contribution in [0, 0.1) is 11.8 Å². The molecule has 0 spiro atoms. The fourth-order valence-electron chi connectivity index (χ4n) is 4.93. The molecule has 0 aromatic carbocycles. The smallest absolute Gasteiger partial charge is 0.242 e. The number of hydrogen-bond donors (Lipinski definition) is 2. The van der Waals surface area contributed by atoms with Gasteiger partial charge in [0.1, 0.15) is 11.6 Å². The molecule has 1 aliphatic heterocycles. The molecule has 40 heavy (non-hydrogen) atoms. The summed E-state index contributed by atoms with van der Waals surface area (Å²) in [5, 5.41) is 9.35. The Balaban J connectivity index is 1.38. The van der Waals surface area contributed by atoms with E-state index in [9.17, 15) is 13.6 Å².